The predicted molar refractivity (Wildman–Crippen MR) is 52.5 cm³/mol. The first-order chi connectivity index (χ1) is 7.34. The van der Waals surface area contributed by atoms with Crippen LogP contribution in [0.5, 0.6) is 0 Å². The van der Waals surface area contributed by atoms with Crippen LogP contribution in [0.3, 0.4) is 0 Å². The molecule has 0 spiro atoms. The third kappa shape index (κ3) is 2.13. The Kier molecular flexibility index (Phi) is 3.17. The number of Topliss-reactive ketones (excluding diaryl/α,β-unsaturated/α-hetero) is 1. The monoisotopic (exact) mass is 230 g/mol. The maximum atomic E-state index is 12.4. The molecule has 16 heavy (non-hydrogen) atoms. The maximum absolute atomic E-state index is 12.4. The zero-order chi connectivity index (χ0) is 12.5. The van der Waals surface area contributed by atoms with Gasteiger partial charge in [0.05, 0.1) is 10.5 Å². The quantitative estimate of drug-likeness (QED) is 0.373. The average Bonchev–Trinajstić information content (AvgIpc) is 2.15. The van der Waals surface area contributed by atoms with E-state index in [1.54, 1.807) is 0 Å². The summed E-state index contributed by atoms with van der Waals surface area (Å²) in [5, 5.41) is 10.6. The van der Waals surface area contributed by atoms with Crippen molar-refractivity contribution in [3.63, 3.8) is 0 Å². The molecular formula is C9H8F2N2O3. The molecule has 0 atom stereocenters. The molecule has 0 amide bonds. The molecule has 0 aliphatic carbocycles. The van der Waals surface area contributed by atoms with Gasteiger partial charge in [-0.2, -0.15) is 0 Å². The van der Waals surface area contributed by atoms with Gasteiger partial charge in [0.15, 0.2) is 5.78 Å². The third-order valence-electron chi connectivity index (χ3n) is 2.01. The topological polar surface area (TPSA) is 86.2 Å². The van der Waals surface area contributed by atoms with E-state index in [0.29, 0.717) is 0 Å². The van der Waals surface area contributed by atoms with E-state index in [-0.39, 0.29) is 5.56 Å². The van der Waals surface area contributed by atoms with Crippen molar-refractivity contribution in [2.75, 3.05) is 5.73 Å². The molecule has 0 saturated carbocycles. The zero-order valence-corrected chi connectivity index (χ0v) is 8.24. The highest BCUT2D eigenvalue weighted by molar-refractivity contribution is 5.99. The summed E-state index contributed by atoms with van der Waals surface area (Å²) < 4.78 is 24.9. The van der Waals surface area contributed by atoms with Crippen molar-refractivity contribution in [3.05, 3.63) is 33.4 Å². The number of nitrogen functional groups attached to an aromatic ring is 1. The minimum atomic E-state index is -2.88. The number of nitro benzene ring substituents is 1. The number of halogens is 2. The normalized spacial score (nSPS) is 10.5. The third-order valence-corrected chi connectivity index (χ3v) is 2.01. The summed E-state index contributed by atoms with van der Waals surface area (Å²) in [6.45, 7) is 1.06. The van der Waals surface area contributed by atoms with Gasteiger partial charge in [-0.3, -0.25) is 14.9 Å². The number of ketones is 1. The van der Waals surface area contributed by atoms with Crippen molar-refractivity contribution in [2.45, 2.75) is 13.3 Å². The minimum absolute atomic E-state index is 0.366. The second-order valence-electron chi connectivity index (χ2n) is 3.11. The van der Waals surface area contributed by atoms with E-state index in [2.05, 4.69) is 0 Å². The van der Waals surface area contributed by atoms with E-state index in [4.69, 9.17) is 5.73 Å². The fourth-order valence-corrected chi connectivity index (χ4v) is 1.24. The summed E-state index contributed by atoms with van der Waals surface area (Å²) in [5.41, 5.74) is 3.34. The lowest BCUT2D eigenvalue weighted by atomic mass is 10.0. The highest BCUT2D eigenvalue weighted by atomic mass is 19.3. The summed E-state index contributed by atoms with van der Waals surface area (Å²) in [6, 6.07) is 1.54. The van der Waals surface area contributed by atoms with E-state index in [1.165, 1.54) is 0 Å². The van der Waals surface area contributed by atoms with Crippen LogP contribution in [0.15, 0.2) is 12.1 Å². The lowest BCUT2D eigenvalue weighted by molar-refractivity contribution is -0.385. The number of hydrogen-bond acceptors (Lipinski definition) is 4. The summed E-state index contributed by atoms with van der Waals surface area (Å²) >= 11 is 0. The first-order valence-corrected chi connectivity index (χ1v) is 4.21. The van der Waals surface area contributed by atoms with Crippen LogP contribution in [0.25, 0.3) is 0 Å². The largest absolute Gasteiger partial charge is 0.398 e. The molecule has 5 nitrogen and oxygen atoms in total. The van der Waals surface area contributed by atoms with Gasteiger partial charge in [0.25, 0.3) is 12.1 Å². The minimum Gasteiger partial charge on any atom is -0.398 e. The Morgan fingerprint density at radius 2 is 2.06 bits per heavy atom. The Hall–Kier alpha value is -2.05. The second-order valence-corrected chi connectivity index (χ2v) is 3.11. The van der Waals surface area contributed by atoms with Crippen molar-refractivity contribution in [1.82, 2.24) is 0 Å². The van der Waals surface area contributed by atoms with Gasteiger partial charge >= 0.3 is 0 Å². The number of benzene rings is 1. The van der Waals surface area contributed by atoms with Gasteiger partial charge in [-0.1, -0.05) is 0 Å². The van der Waals surface area contributed by atoms with Crippen LogP contribution in [0.1, 0.15) is 29.3 Å². The number of rotatable bonds is 3. The van der Waals surface area contributed by atoms with Gasteiger partial charge in [0.1, 0.15) is 0 Å². The van der Waals surface area contributed by atoms with Crippen LogP contribution in [-0.4, -0.2) is 10.7 Å². The molecule has 7 heteroatoms. The smallest absolute Gasteiger partial charge is 0.282 e. The van der Waals surface area contributed by atoms with Gasteiger partial charge in [-0.15, -0.1) is 0 Å². The number of hydrogen-bond donors (Lipinski definition) is 1. The molecule has 0 heterocycles. The van der Waals surface area contributed by atoms with Crippen molar-refractivity contribution in [2.24, 2.45) is 0 Å². The SMILES string of the molecule is CC(=O)c1cc(C(F)F)c(N)cc1[N+](=O)[O-]. The highest BCUT2D eigenvalue weighted by Gasteiger charge is 2.23. The molecule has 0 saturated heterocycles. The number of nitrogens with two attached hydrogens (primary N) is 1. The van der Waals surface area contributed by atoms with Crippen LogP contribution in [0.4, 0.5) is 20.2 Å². The summed E-state index contributed by atoms with van der Waals surface area (Å²) in [6.07, 6.45) is -2.88. The number of carbonyl (C=O) groups excluding carboxylic acids is 1. The van der Waals surface area contributed by atoms with Crippen molar-refractivity contribution >= 4 is 17.2 Å². The van der Waals surface area contributed by atoms with E-state index < -0.39 is 34.1 Å². The van der Waals surface area contributed by atoms with Crippen LogP contribution in [-0.2, 0) is 0 Å². The van der Waals surface area contributed by atoms with E-state index in [9.17, 15) is 23.7 Å². The van der Waals surface area contributed by atoms with Crippen LogP contribution in [0, 0.1) is 10.1 Å². The van der Waals surface area contributed by atoms with Gasteiger partial charge < -0.3 is 5.73 Å². The van der Waals surface area contributed by atoms with E-state index in [0.717, 1.165) is 19.1 Å². The first kappa shape index (κ1) is 12.0. The molecule has 2 N–H and O–H groups in total. The van der Waals surface area contributed by atoms with Gasteiger partial charge in [-0.25, -0.2) is 8.78 Å². The molecule has 1 rings (SSSR count). The molecule has 1 aromatic rings. The Morgan fingerprint density at radius 3 is 2.44 bits per heavy atom. The molecule has 0 aliphatic heterocycles. The van der Waals surface area contributed by atoms with Gasteiger partial charge in [0, 0.05) is 17.3 Å². The molecule has 0 aliphatic rings. The summed E-state index contributed by atoms with van der Waals surface area (Å²) in [7, 11) is 0. The highest BCUT2D eigenvalue weighted by Crippen LogP contribution is 2.31. The first-order valence-electron chi connectivity index (χ1n) is 4.21. The summed E-state index contributed by atoms with van der Waals surface area (Å²) in [5.74, 6) is -0.659. The number of nitrogens with zero attached hydrogens (tertiary/aromatic N) is 1. The Bertz CT molecular complexity index is 460. The fraction of sp³-hybridized carbons (Fsp3) is 0.222. The van der Waals surface area contributed by atoms with Crippen LogP contribution < -0.4 is 5.73 Å². The molecule has 86 valence electrons. The van der Waals surface area contributed by atoms with Crippen LogP contribution >= 0.6 is 0 Å². The van der Waals surface area contributed by atoms with E-state index in [1.807, 2.05) is 0 Å². The van der Waals surface area contributed by atoms with Crippen molar-refractivity contribution in [3.8, 4) is 0 Å². The Labute approximate surface area is 89.0 Å². The molecule has 0 unspecified atom stereocenters. The fourth-order valence-electron chi connectivity index (χ4n) is 1.24. The molecule has 1 aromatic carbocycles. The predicted octanol–water partition coefficient (Wildman–Crippen LogP) is 2.32. The summed E-state index contributed by atoms with van der Waals surface area (Å²) in [4.78, 5) is 20.8. The lowest BCUT2D eigenvalue weighted by Gasteiger charge is -2.06. The van der Waals surface area contributed by atoms with Crippen molar-refractivity contribution in [1.29, 1.82) is 0 Å². The average molecular weight is 230 g/mol. The standard InChI is InChI=1S/C9H8F2N2O3/c1-4(14)5-2-6(9(10)11)7(12)3-8(5)13(15)16/h2-3,9H,12H2,1H3. The Morgan fingerprint density at radius 1 is 1.50 bits per heavy atom. The van der Waals surface area contributed by atoms with E-state index >= 15 is 0 Å². The zero-order valence-electron chi connectivity index (χ0n) is 8.24. The molecule has 0 bridgehead atoms. The number of alkyl halides is 2. The number of anilines is 1. The Balaban J connectivity index is 3.49. The van der Waals surface area contributed by atoms with Gasteiger partial charge in [0.2, 0.25) is 0 Å². The molecule has 0 fully saturated rings. The lowest BCUT2D eigenvalue weighted by Crippen LogP contribution is -2.05. The second kappa shape index (κ2) is 4.21. The van der Waals surface area contributed by atoms with Crippen molar-refractivity contribution < 1.29 is 18.5 Å². The number of nitro groups is 1. The molecule has 0 radical (unpaired) electrons. The van der Waals surface area contributed by atoms with Crippen LogP contribution in [0.2, 0.25) is 0 Å². The molecular weight excluding hydrogens is 222 g/mol. The molecule has 0 aromatic heterocycles. The maximum Gasteiger partial charge on any atom is 0.282 e. The van der Waals surface area contributed by atoms with Gasteiger partial charge in [-0.05, 0) is 13.0 Å². The number of carbonyl (C=O) groups is 1.